The molecular weight excluding hydrogens is 904 g/mol. The van der Waals surface area contributed by atoms with Crippen LogP contribution < -0.4 is 27.0 Å². The monoisotopic (exact) mass is 948 g/mol. The predicted molar refractivity (Wildman–Crippen MR) is 255 cm³/mol. The van der Waals surface area contributed by atoms with E-state index in [0.29, 0.717) is 87.0 Å². The third-order valence-electron chi connectivity index (χ3n) is 13.1. The minimum absolute atomic E-state index is 0.0120. The number of nitrogens with zero attached hydrogens (tertiary/aromatic N) is 9. The number of nitriles is 1. The van der Waals surface area contributed by atoms with Gasteiger partial charge in [-0.15, -0.1) is 0 Å². The van der Waals surface area contributed by atoms with E-state index in [1.807, 2.05) is 25.1 Å². The first-order valence-corrected chi connectivity index (χ1v) is 24.1. The molecule has 3 unspecified atom stereocenters. The normalized spacial score (nSPS) is 21.6. The Hall–Kier alpha value is -5.26. The van der Waals surface area contributed by atoms with Gasteiger partial charge in [0.05, 0.1) is 31.9 Å². The van der Waals surface area contributed by atoms with Crippen LogP contribution in [0, 0.1) is 17.2 Å². The second-order valence-electron chi connectivity index (χ2n) is 17.3. The second-order valence-corrected chi connectivity index (χ2v) is 20.2. The van der Waals surface area contributed by atoms with Crippen molar-refractivity contribution in [1.29, 1.82) is 5.26 Å². The number of rotatable bonds is 11. The minimum Gasteiger partial charge on any atom is -0.477 e. The number of hydrogen-bond donors (Lipinski definition) is 6. The van der Waals surface area contributed by atoms with Gasteiger partial charge in [-0.2, -0.15) is 5.26 Å². The van der Waals surface area contributed by atoms with E-state index in [1.165, 1.54) is 29.7 Å². The maximum Gasteiger partial charge on any atom is 0.354 e. The van der Waals surface area contributed by atoms with Crippen molar-refractivity contribution < 1.29 is 9.90 Å². The number of benzene rings is 1. The number of hydrogen-bond acceptors (Lipinski definition) is 15. The molecular formula is C45H46Cl2N14O2S2. The maximum absolute atomic E-state index is 12.2. The number of aromatic carboxylic acids is 1. The Morgan fingerprint density at radius 1 is 0.892 bits per heavy atom. The molecule has 1 aliphatic carbocycles. The molecule has 0 spiro atoms. The summed E-state index contributed by atoms with van der Waals surface area (Å²) in [4.78, 5) is 53.9. The Morgan fingerprint density at radius 3 is 2.32 bits per heavy atom. The van der Waals surface area contributed by atoms with Crippen LogP contribution in [-0.2, 0) is 6.42 Å². The number of carboxylic acid groups (broad SMARTS) is 1. The number of aryl methyl sites for hydroxylation is 1. The number of aromatic nitrogens is 8. The zero-order valence-corrected chi connectivity index (χ0v) is 38.7. The van der Waals surface area contributed by atoms with Gasteiger partial charge in [0.25, 0.3) is 0 Å². The molecule has 16 nitrogen and oxygen atoms in total. The van der Waals surface area contributed by atoms with Crippen molar-refractivity contribution in [2.24, 2.45) is 23.1 Å². The van der Waals surface area contributed by atoms with Gasteiger partial charge < -0.3 is 42.1 Å². The number of nitrogens with two attached hydrogens (primary N) is 3. The molecule has 20 heteroatoms. The standard InChI is InChI=1S/C45H46Cl2N14O2S2/c1-3-31-36(46)34-39(54-31)56-45(65-26-10-21(14-48)15-52-16-26)59-42(34)61-18-29(30(51)19-61)20(2)38-37(47)35-40(55-38)57-44(58-41(35)60-9-8-24(50)17-60)64-25-6-7-27-28(22-4-5-23(49)11-22)13-33(43(62)63)53-32(27)12-25/h6-7,10,12-13,15-16,20,22-24,29-30H,3-5,8-9,11,17-19,49-51H2,1-2H3,(H,62,63)(H,54,56,59)(H,55,57,58)/t20?,22?,23-,24-,29?,30+/m1/s1. The topological polar surface area (TPSA) is 255 Å². The van der Waals surface area contributed by atoms with Gasteiger partial charge in [-0.05, 0) is 91.4 Å². The molecule has 1 saturated carbocycles. The Kier molecular flexibility index (Phi) is 11.8. The molecule has 0 radical (unpaired) electrons. The van der Waals surface area contributed by atoms with Crippen molar-refractivity contribution in [3.8, 4) is 6.07 Å². The number of aromatic amines is 2. The van der Waals surface area contributed by atoms with Gasteiger partial charge in [0.15, 0.2) is 10.3 Å². The second kappa shape index (κ2) is 17.5. The van der Waals surface area contributed by atoms with Crippen molar-refractivity contribution in [3.05, 3.63) is 81.0 Å². The number of H-pyrrole nitrogens is 2. The highest BCUT2D eigenvalue weighted by atomic mass is 35.5. The molecule has 7 aromatic rings. The first-order valence-electron chi connectivity index (χ1n) is 21.7. The fourth-order valence-corrected chi connectivity index (χ4v) is 12.1. The Bertz CT molecular complexity index is 3070. The van der Waals surface area contributed by atoms with Crippen molar-refractivity contribution in [3.63, 3.8) is 0 Å². The van der Waals surface area contributed by atoms with E-state index < -0.39 is 5.97 Å². The average Bonchev–Trinajstić information content (AvgIpc) is 4.14. The highest BCUT2D eigenvalue weighted by molar-refractivity contribution is 7.99. The van der Waals surface area contributed by atoms with Crippen LogP contribution in [0.4, 0.5) is 11.6 Å². The predicted octanol–water partition coefficient (Wildman–Crippen LogP) is 7.61. The van der Waals surface area contributed by atoms with Crippen LogP contribution in [0.5, 0.6) is 0 Å². The van der Waals surface area contributed by atoms with Crippen molar-refractivity contribution >= 4 is 97.3 Å². The summed E-state index contributed by atoms with van der Waals surface area (Å²) in [5, 5.41) is 23.9. The van der Waals surface area contributed by atoms with E-state index in [9.17, 15) is 15.2 Å². The first-order chi connectivity index (χ1) is 31.3. The molecule has 334 valence electrons. The van der Waals surface area contributed by atoms with Gasteiger partial charge in [0, 0.05) is 95.1 Å². The van der Waals surface area contributed by atoms with Gasteiger partial charge in [-0.25, -0.2) is 29.7 Å². The summed E-state index contributed by atoms with van der Waals surface area (Å²) in [5.74, 6) is 0.287. The van der Waals surface area contributed by atoms with Crippen molar-refractivity contribution in [1.82, 2.24) is 39.9 Å². The molecule has 0 amide bonds. The summed E-state index contributed by atoms with van der Waals surface area (Å²) in [5.41, 5.74) is 24.7. The van der Waals surface area contributed by atoms with Crippen LogP contribution in [-0.4, -0.2) is 95.3 Å². The molecule has 10 rings (SSSR count). The summed E-state index contributed by atoms with van der Waals surface area (Å²) < 4.78 is 0. The number of carbonyl (C=O) groups is 1. The number of anilines is 2. The van der Waals surface area contributed by atoms with Crippen LogP contribution in [0.25, 0.3) is 33.0 Å². The van der Waals surface area contributed by atoms with E-state index in [-0.39, 0.29) is 41.6 Å². The summed E-state index contributed by atoms with van der Waals surface area (Å²) in [6.45, 7) is 6.57. The van der Waals surface area contributed by atoms with Crippen molar-refractivity contribution in [2.75, 3.05) is 36.0 Å². The molecule has 65 heavy (non-hydrogen) atoms. The number of nitrogens with one attached hydrogen (secondary N) is 2. The SMILES string of the molecule is CCc1[nH]c2nc(Sc3cncc(C#N)c3)nc(N3CC(C(C)c4[nH]c5nc(Sc6ccc7c(C8CC[C@@H](N)C8)cc(C(=O)O)nc7c6)nc(N6CC[C@@H](N)C6)c5c4Cl)[C@@H](N)C3)c2c1Cl. The lowest BCUT2D eigenvalue weighted by Crippen LogP contribution is -2.32. The molecule has 9 N–H and O–H groups in total. The van der Waals surface area contributed by atoms with Gasteiger partial charge in [0.1, 0.15) is 34.7 Å². The summed E-state index contributed by atoms with van der Waals surface area (Å²) in [6.07, 6.45) is 7.32. The minimum atomic E-state index is -1.07. The van der Waals surface area contributed by atoms with E-state index in [1.54, 1.807) is 18.3 Å². The van der Waals surface area contributed by atoms with Gasteiger partial charge in [-0.1, -0.05) is 43.1 Å². The van der Waals surface area contributed by atoms with Gasteiger partial charge in [0.2, 0.25) is 0 Å². The molecule has 3 aliphatic rings. The van der Waals surface area contributed by atoms with Crippen LogP contribution in [0.1, 0.15) is 84.4 Å². The Morgan fingerprint density at radius 2 is 1.63 bits per heavy atom. The quantitative estimate of drug-likeness (QED) is 0.0682. The van der Waals surface area contributed by atoms with E-state index in [0.717, 1.165) is 68.6 Å². The zero-order chi connectivity index (χ0) is 45.3. The third kappa shape index (κ3) is 8.21. The third-order valence-corrected chi connectivity index (χ3v) is 15.6. The summed E-state index contributed by atoms with van der Waals surface area (Å²) >= 11 is 17.1. The van der Waals surface area contributed by atoms with E-state index in [2.05, 4.69) is 42.7 Å². The van der Waals surface area contributed by atoms with Crippen LogP contribution in [0.15, 0.2) is 62.8 Å². The summed E-state index contributed by atoms with van der Waals surface area (Å²) in [6, 6.07) is 11.4. The largest absolute Gasteiger partial charge is 0.477 e. The number of pyridine rings is 2. The highest BCUT2D eigenvalue weighted by Gasteiger charge is 2.39. The zero-order valence-electron chi connectivity index (χ0n) is 35.6. The van der Waals surface area contributed by atoms with E-state index >= 15 is 0 Å². The van der Waals surface area contributed by atoms with Crippen molar-refractivity contribution in [2.45, 2.75) is 96.0 Å². The van der Waals surface area contributed by atoms with E-state index in [4.69, 9.17) is 60.3 Å². The lowest BCUT2D eigenvalue weighted by Gasteiger charge is -2.23. The summed E-state index contributed by atoms with van der Waals surface area (Å²) in [7, 11) is 0. The van der Waals surface area contributed by atoms with Gasteiger partial charge in [-0.3, -0.25) is 4.98 Å². The number of fused-ring (bicyclic) bond motifs is 3. The molecule has 6 atom stereocenters. The Labute approximate surface area is 392 Å². The molecule has 6 aromatic heterocycles. The molecule has 8 heterocycles. The average molecular weight is 950 g/mol. The number of carboxylic acids is 1. The van der Waals surface area contributed by atoms with Crippen LogP contribution in [0.3, 0.4) is 0 Å². The molecule has 3 fully saturated rings. The highest BCUT2D eigenvalue weighted by Crippen LogP contribution is 2.45. The lowest BCUT2D eigenvalue weighted by atomic mass is 9.87. The molecule has 1 aromatic carbocycles. The lowest BCUT2D eigenvalue weighted by molar-refractivity contribution is 0.0690. The number of halogens is 2. The maximum atomic E-state index is 12.2. The Balaban J connectivity index is 0.980. The molecule has 2 aliphatic heterocycles. The van der Waals surface area contributed by atoms with Gasteiger partial charge >= 0.3 is 5.97 Å². The smallest absolute Gasteiger partial charge is 0.354 e. The molecule has 0 bridgehead atoms. The van der Waals surface area contributed by atoms with Crippen LogP contribution >= 0.6 is 46.7 Å². The fourth-order valence-electron chi connectivity index (χ4n) is 9.76. The molecule has 2 saturated heterocycles. The first kappa shape index (κ1) is 43.6. The van der Waals surface area contributed by atoms with Crippen LogP contribution in [0.2, 0.25) is 10.0 Å². The fraction of sp³-hybridized carbons (Fsp3) is 0.378.